The van der Waals surface area contributed by atoms with Crippen molar-refractivity contribution in [2.75, 3.05) is 19.8 Å². The van der Waals surface area contributed by atoms with E-state index < -0.39 is 0 Å². The maximum absolute atomic E-state index is 6.18. The molecule has 0 saturated carbocycles. The summed E-state index contributed by atoms with van der Waals surface area (Å²) in [5, 5.41) is 12.4. The second-order valence-corrected chi connectivity index (χ2v) is 10.5. The van der Waals surface area contributed by atoms with Gasteiger partial charge in [0.15, 0.2) is 0 Å². The number of rotatable bonds is 15. The van der Waals surface area contributed by atoms with Crippen LogP contribution in [0.5, 0.6) is 0 Å². The Morgan fingerprint density at radius 3 is 2.49 bits per heavy atom. The molecule has 1 N–H and O–H groups in total. The molecule has 0 unspecified atom stereocenters. The number of hydrogen-bond acceptors (Lipinski definition) is 5. The van der Waals surface area contributed by atoms with Crippen LogP contribution >= 0.6 is 0 Å². The van der Waals surface area contributed by atoms with E-state index in [9.17, 15) is 0 Å². The number of benzene rings is 1. The summed E-state index contributed by atoms with van der Waals surface area (Å²) in [7, 11) is 0. The Labute approximate surface area is 223 Å². The molecule has 3 heterocycles. The standard InChI is InChI=1S/C32H44N4O/c1-3-4-5-6-7-8-10-26-12-14-27(15-13-26)30-18-21-34-31(30)24-37-22-9-11-29-23-25(2)35-36-32(29)28-16-19-33-20-17-28/h12-17,19-20,23,30-31,34H,3-11,18,21-22,24H2,1-2H3/t30-,31-/m1/s1. The van der Waals surface area contributed by atoms with Crippen molar-refractivity contribution in [1.82, 2.24) is 20.5 Å². The number of aryl methyl sites for hydroxylation is 3. The minimum Gasteiger partial charge on any atom is -0.380 e. The van der Waals surface area contributed by atoms with Crippen LogP contribution in [0, 0.1) is 6.92 Å². The number of nitrogens with one attached hydrogen (secondary N) is 1. The predicted octanol–water partition coefficient (Wildman–Crippen LogP) is 6.84. The minimum atomic E-state index is 0.390. The lowest BCUT2D eigenvalue weighted by Crippen LogP contribution is -2.31. The van der Waals surface area contributed by atoms with E-state index in [1.165, 1.54) is 68.1 Å². The first-order valence-corrected chi connectivity index (χ1v) is 14.4. The molecule has 5 heteroatoms. The van der Waals surface area contributed by atoms with Crippen LogP contribution in [0.3, 0.4) is 0 Å². The Morgan fingerprint density at radius 2 is 1.68 bits per heavy atom. The molecular formula is C32H44N4O. The van der Waals surface area contributed by atoms with Crippen LogP contribution in [-0.4, -0.2) is 41.0 Å². The molecule has 1 saturated heterocycles. The fourth-order valence-corrected chi connectivity index (χ4v) is 5.44. The van der Waals surface area contributed by atoms with Crippen molar-refractivity contribution in [3.8, 4) is 11.3 Å². The van der Waals surface area contributed by atoms with Gasteiger partial charge in [0.05, 0.1) is 18.0 Å². The van der Waals surface area contributed by atoms with E-state index in [0.717, 1.165) is 49.6 Å². The maximum Gasteiger partial charge on any atom is 0.0962 e. The molecule has 0 bridgehead atoms. The first kappa shape index (κ1) is 27.4. The summed E-state index contributed by atoms with van der Waals surface area (Å²) < 4.78 is 6.18. The number of nitrogens with zero attached hydrogens (tertiary/aromatic N) is 3. The number of ether oxygens (including phenoxy) is 1. The van der Waals surface area contributed by atoms with E-state index in [0.29, 0.717) is 12.0 Å². The first-order valence-electron chi connectivity index (χ1n) is 14.4. The lowest BCUT2D eigenvalue weighted by atomic mass is 9.91. The van der Waals surface area contributed by atoms with Crippen LogP contribution in [0.2, 0.25) is 0 Å². The molecule has 198 valence electrons. The van der Waals surface area contributed by atoms with E-state index in [1.807, 2.05) is 19.1 Å². The summed E-state index contributed by atoms with van der Waals surface area (Å²) >= 11 is 0. The topological polar surface area (TPSA) is 59.9 Å². The fraction of sp³-hybridized carbons (Fsp3) is 0.531. The molecular weight excluding hydrogens is 456 g/mol. The smallest absolute Gasteiger partial charge is 0.0962 e. The van der Waals surface area contributed by atoms with Crippen molar-refractivity contribution < 1.29 is 4.74 Å². The third-order valence-corrected chi connectivity index (χ3v) is 7.56. The molecule has 5 nitrogen and oxygen atoms in total. The van der Waals surface area contributed by atoms with Gasteiger partial charge in [0.2, 0.25) is 0 Å². The number of hydrogen-bond donors (Lipinski definition) is 1. The largest absolute Gasteiger partial charge is 0.380 e. The molecule has 1 aliphatic rings. The molecule has 2 aromatic heterocycles. The van der Waals surface area contributed by atoms with Gasteiger partial charge in [-0.3, -0.25) is 4.98 Å². The van der Waals surface area contributed by atoms with Crippen molar-refractivity contribution in [3.63, 3.8) is 0 Å². The third-order valence-electron chi connectivity index (χ3n) is 7.56. The van der Waals surface area contributed by atoms with Crippen molar-refractivity contribution in [1.29, 1.82) is 0 Å². The van der Waals surface area contributed by atoms with Gasteiger partial charge in [-0.05, 0) is 80.5 Å². The third kappa shape index (κ3) is 8.44. The van der Waals surface area contributed by atoms with Crippen LogP contribution in [0.25, 0.3) is 11.3 Å². The van der Waals surface area contributed by atoms with Gasteiger partial charge in [0.1, 0.15) is 0 Å². The Balaban J connectivity index is 1.20. The Kier molecular flexibility index (Phi) is 11.1. The van der Waals surface area contributed by atoms with Crippen molar-refractivity contribution in [2.45, 2.75) is 90.0 Å². The summed E-state index contributed by atoms with van der Waals surface area (Å²) in [6.07, 6.45) is 16.0. The molecule has 0 spiro atoms. The van der Waals surface area contributed by atoms with Crippen LogP contribution in [0.4, 0.5) is 0 Å². The minimum absolute atomic E-state index is 0.390. The average Bonchev–Trinajstić information content (AvgIpc) is 3.40. The van der Waals surface area contributed by atoms with Crippen molar-refractivity contribution in [2.24, 2.45) is 0 Å². The zero-order valence-corrected chi connectivity index (χ0v) is 22.8. The molecule has 1 aromatic carbocycles. The maximum atomic E-state index is 6.18. The highest BCUT2D eigenvalue weighted by Gasteiger charge is 2.28. The number of unbranched alkanes of at least 4 members (excludes halogenated alkanes) is 5. The molecule has 2 atom stereocenters. The molecule has 4 rings (SSSR count). The Hall–Kier alpha value is -2.63. The SMILES string of the molecule is CCCCCCCCc1ccc([C@H]2CCN[C@@H]2COCCCc2cc(C)nnc2-c2ccncc2)cc1. The second kappa shape index (κ2) is 14.9. The van der Waals surface area contributed by atoms with E-state index in [-0.39, 0.29) is 0 Å². The predicted molar refractivity (Wildman–Crippen MR) is 152 cm³/mol. The zero-order chi connectivity index (χ0) is 25.7. The van der Waals surface area contributed by atoms with Gasteiger partial charge < -0.3 is 10.1 Å². The quantitative estimate of drug-likeness (QED) is 0.231. The monoisotopic (exact) mass is 500 g/mol. The Bertz CT molecular complexity index is 1050. The van der Waals surface area contributed by atoms with Crippen LogP contribution in [0.1, 0.15) is 86.6 Å². The highest BCUT2D eigenvalue weighted by molar-refractivity contribution is 5.61. The van der Waals surface area contributed by atoms with Gasteiger partial charge >= 0.3 is 0 Å². The highest BCUT2D eigenvalue weighted by Crippen LogP contribution is 2.29. The lowest BCUT2D eigenvalue weighted by molar-refractivity contribution is 0.110. The summed E-state index contributed by atoms with van der Waals surface area (Å²) in [6.45, 7) is 6.85. The normalized spacial score (nSPS) is 17.4. The lowest BCUT2D eigenvalue weighted by Gasteiger charge is -2.20. The molecule has 1 fully saturated rings. The summed E-state index contributed by atoms with van der Waals surface area (Å²) in [4.78, 5) is 4.12. The van der Waals surface area contributed by atoms with Gasteiger partial charge in [-0.25, -0.2) is 0 Å². The molecule has 0 aliphatic carbocycles. The van der Waals surface area contributed by atoms with Gasteiger partial charge in [-0.1, -0.05) is 63.3 Å². The van der Waals surface area contributed by atoms with Crippen molar-refractivity contribution in [3.05, 3.63) is 77.2 Å². The van der Waals surface area contributed by atoms with Crippen molar-refractivity contribution >= 4 is 0 Å². The summed E-state index contributed by atoms with van der Waals surface area (Å²) in [5.74, 6) is 0.536. The summed E-state index contributed by atoms with van der Waals surface area (Å²) in [5.41, 5.74) is 7.11. The number of pyridine rings is 1. The zero-order valence-electron chi connectivity index (χ0n) is 22.8. The van der Waals surface area contributed by atoms with Crippen LogP contribution in [0.15, 0.2) is 54.9 Å². The summed E-state index contributed by atoms with van der Waals surface area (Å²) in [6, 6.07) is 15.9. The molecule has 1 aliphatic heterocycles. The highest BCUT2D eigenvalue weighted by atomic mass is 16.5. The van der Waals surface area contributed by atoms with Gasteiger partial charge in [-0.2, -0.15) is 5.10 Å². The second-order valence-electron chi connectivity index (χ2n) is 10.5. The molecule has 0 amide bonds. The van der Waals surface area contributed by atoms with Crippen LogP contribution < -0.4 is 5.32 Å². The average molecular weight is 501 g/mol. The van der Waals surface area contributed by atoms with Crippen LogP contribution in [-0.2, 0) is 17.6 Å². The fourth-order valence-electron chi connectivity index (χ4n) is 5.44. The first-order chi connectivity index (χ1) is 18.2. The van der Waals surface area contributed by atoms with E-state index >= 15 is 0 Å². The number of aromatic nitrogens is 3. The Morgan fingerprint density at radius 1 is 0.892 bits per heavy atom. The van der Waals surface area contributed by atoms with E-state index in [2.05, 4.69) is 57.8 Å². The van der Waals surface area contributed by atoms with E-state index in [1.54, 1.807) is 12.4 Å². The molecule has 3 aromatic rings. The molecule has 0 radical (unpaired) electrons. The van der Waals surface area contributed by atoms with E-state index in [4.69, 9.17) is 4.74 Å². The van der Waals surface area contributed by atoms with Gasteiger partial charge in [-0.15, -0.1) is 5.10 Å². The van der Waals surface area contributed by atoms with Gasteiger partial charge in [0.25, 0.3) is 0 Å². The molecule has 37 heavy (non-hydrogen) atoms. The van der Waals surface area contributed by atoms with Gasteiger partial charge in [0, 0.05) is 36.5 Å².